The number of nitrogens with one attached hydrogen (secondary N) is 1. The second-order valence-electron chi connectivity index (χ2n) is 11.1. The van der Waals surface area contributed by atoms with Crippen LogP contribution in [0.5, 0.6) is 0 Å². The van der Waals surface area contributed by atoms with Crippen LogP contribution in [0.2, 0.25) is 0 Å². The van der Waals surface area contributed by atoms with E-state index in [0.29, 0.717) is 12.1 Å². The number of rotatable bonds is 8. The van der Waals surface area contributed by atoms with E-state index in [2.05, 4.69) is 65.5 Å². The topological polar surface area (TPSA) is 43.0 Å². The summed E-state index contributed by atoms with van der Waals surface area (Å²) in [6.07, 6.45) is 16.7. The summed E-state index contributed by atoms with van der Waals surface area (Å²) in [5.74, 6) is 0.841. The second kappa shape index (κ2) is 11.1. The molecule has 2 aliphatic rings. The van der Waals surface area contributed by atoms with Gasteiger partial charge in [0.2, 0.25) is 0 Å². The van der Waals surface area contributed by atoms with Gasteiger partial charge < -0.3 is 15.6 Å². The average molecular weight is 458 g/mol. The molecule has 1 aromatic heterocycles. The molecule has 1 heterocycles. The largest absolute Gasteiger partial charge is 0.347 e. The molecular formula is C31H43N3. The summed E-state index contributed by atoms with van der Waals surface area (Å²) in [5.41, 5.74) is 13.0. The number of fused-ring (bicyclic) bond motifs is 1. The number of hydrogen-bond acceptors (Lipinski definition) is 2. The summed E-state index contributed by atoms with van der Waals surface area (Å²) in [6.45, 7) is 4.47. The van der Waals surface area contributed by atoms with Gasteiger partial charge in [-0.3, -0.25) is 0 Å². The van der Waals surface area contributed by atoms with Crippen molar-refractivity contribution in [3.63, 3.8) is 0 Å². The lowest BCUT2D eigenvalue weighted by molar-refractivity contribution is 0.322. The monoisotopic (exact) mass is 457 g/mol. The van der Waals surface area contributed by atoms with E-state index in [-0.39, 0.29) is 0 Å². The van der Waals surface area contributed by atoms with Crippen LogP contribution in [0.1, 0.15) is 75.3 Å². The third-order valence-electron chi connectivity index (χ3n) is 8.32. The standard InChI is InChI=1S/C31H43N3/c1-23-7-5-10-25(19-23)26-12-17-31-30(20-26)27(22-34(31)21-24-8-3-2-4-9-24)11-6-18-33-29-15-13-28(32)14-16-29/h5,7,10,12,17,19-20,22,24,28-29,33H,2-4,6,8-9,11,13-16,18,21,32H2,1H3/t28-,29-. The first-order valence-corrected chi connectivity index (χ1v) is 13.8. The van der Waals surface area contributed by atoms with Gasteiger partial charge in [0, 0.05) is 35.7 Å². The van der Waals surface area contributed by atoms with E-state index < -0.39 is 0 Å². The van der Waals surface area contributed by atoms with Crippen molar-refractivity contribution in [2.45, 2.75) is 96.2 Å². The molecule has 3 N–H and O–H groups in total. The van der Waals surface area contributed by atoms with Crippen LogP contribution >= 0.6 is 0 Å². The first-order chi connectivity index (χ1) is 16.7. The van der Waals surface area contributed by atoms with E-state index in [1.54, 1.807) is 0 Å². The molecule has 0 atom stereocenters. The van der Waals surface area contributed by atoms with Gasteiger partial charge in [0.25, 0.3) is 0 Å². The molecule has 182 valence electrons. The first kappa shape index (κ1) is 23.6. The van der Waals surface area contributed by atoms with Gasteiger partial charge in [-0.2, -0.15) is 0 Å². The molecular weight excluding hydrogens is 414 g/mol. The fourth-order valence-electron chi connectivity index (χ4n) is 6.28. The number of aryl methyl sites for hydroxylation is 2. The van der Waals surface area contributed by atoms with Gasteiger partial charge in [0.05, 0.1) is 0 Å². The summed E-state index contributed by atoms with van der Waals surface area (Å²) in [5, 5.41) is 5.27. The molecule has 0 saturated heterocycles. The van der Waals surface area contributed by atoms with Crippen molar-refractivity contribution in [2.75, 3.05) is 6.54 Å². The van der Waals surface area contributed by atoms with Crippen LogP contribution in [-0.4, -0.2) is 23.2 Å². The number of benzene rings is 2. The van der Waals surface area contributed by atoms with E-state index in [9.17, 15) is 0 Å². The van der Waals surface area contributed by atoms with Gasteiger partial charge in [-0.1, -0.05) is 55.2 Å². The van der Waals surface area contributed by atoms with Crippen LogP contribution < -0.4 is 11.1 Å². The van der Waals surface area contributed by atoms with E-state index in [1.807, 2.05) is 0 Å². The van der Waals surface area contributed by atoms with Crippen molar-refractivity contribution in [2.24, 2.45) is 11.7 Å². The molecule has 34 heavy (non-hydrogen) atoms. The number of nitrogens with zero attached hydrogens (tertiary/aromatic N) is 1. The normalized spacial score (nSPS) is 21.8. The van der Waals surface area contributed by atoms with Crippen molar-refractivity contribution in [3.05, 3.63) is 59.8 Å². The van der Waals surface area contributed by atoms with Crippen molar-refractivity contribution in [1.82, 2.24) is 9.88 Å². The Labute approximate surface area is 206 Å². The Morgan fingerprint density at radius 1 is 0.912 bits per heavy atom. The minimum absolute atomic E-state index is 0.427. The molecule has 2 aromatic carbocycles. The third-order valence-corrected chi connectivity index (χ3v) is 8.32. The van der Waals surface area contributed by atoms with Gasteiger partial charge >= 0.3 is 0 Å². The number of aromatic nitrogens is 1. The van der Waals surface area contributed by atoms with Gasteiger partial charge in [-0.25, -0.2) is 0 Å². The predicted octanol–water partition coefficient (Wildman–Crippen LogP) is 6.99. The molecule has 3 nitrogen and oxygen atoms in total. The van der Waals surface area contributed by atoms with Crippen molar-refractivity contribution >= 4 is 10.9 Å². The molecule has 3 aromatic rings. The lowest BCUT2D eigenvalue weighted by Gasteiger charge is -2.26. The Morgan fingerprint density at radius 2 is 1.71 bits per heavy atom. The summed E-state index contributed by atoms with van der Waals surface area (Å²) < 4.78 is 2.58. The SMILES string of the molecule is Cc1cccc(-c2ccc3c(c2)c(CCCN[C@H]2CC[C@H](N)CC2)cn3CC2CCCCC2)c1. The maximum Gasteiger partial charge on any atom is 0.0483 e. The molecule has 2 aliphatic carbocycles. The lowest BCUT2D eigenvalue weighted by atomic mass is 9.89. The van der Waals surface area contributed by atoms with Crippen molar-refractivity contribution in [1.29, 1.82) is 0 Å². The van der Waals surface area contributed by atoms with Crippen LogP contribution in [0.25, 0.3) is 22.0 Å². The minimum atomic E-state index is 0.427. The van der Waals surface area contributed by atoms with E-state index in [0.717, 1.165) is 18.9 Å². The zero-order valence-corrected chi connectivity index (χ0v) is 21.1. The van der Waals surface area contributed by atoms with Crippen LogP contribution in [0.15, 0.2) is 48.7 Å². The predicted molar refractivity (Wildman–Crippen MR) is 145 cm³/mol. The molecule has 0 unspecified atom stereocenters. The maximum absolute atomic E-state index is 6.08. The van der Waals surface area contributed by atoms with Crippen molar-refractivity contribution in [3.8, 4) is 11.1 Å². The smallest absolute Gasteiger partial charge is 0.0483 e. The Kier molecular flexibility index (Phi) is 7.71. The van der Waals surface area contributed by atoms with Gasteiger partial charge in [-0.05, 0) is 99.6 Å². The Hall–Kier alpha value is -2.10. The highest BCUT2D eigenvalue weighted by Crippen LogP contribution is 2.32. The van der Waals surface area contributed by atoms with Gasteiger partial charge in [-0.15, -0.1) is 0 Å². The maximum atomic E-state index is 6.08. The Bertz CT molecular complexity index is 1070. The average Bonchev–Trinajstić information content (AvgIpc) is 3.20. The van der Waals surface area contributed by atoms with Crippen LogP contribution in [0, 0.1) is 12.8 Å². The Balaban J connectivity index is 1.33. The lowest BCUT2D eigenvalue weighted by Crippen LogP contribution is -2.37. The highest BCUT2D eigenvalue weighted by atomic mass is 15.0. The molecule has 3 heteroatoms. The summed E-state index contributed by atoms with van der Waals surface area (Å²) in [7, 11) is 0. The molecule has 2 saturated carbocycles. The highest BCUT2D eigenvalue weighted by molar-refractivity contribution is 5.88. The molecule has 0 spiro atoms. The summed E-state index contributed by atoms with van der Waals surface area (Å²) in [6, 6.07) is 17.2. The molecule has 5 rings (SSSR count). The van der Waals surface area contributed by atoms with Crippen LogP contribution in [-0.2, 0) is 13.0 Å². The van der Waals surface area contributed by atoms with Crippen LogP contribution in [0.3, 0.4) is 0 Å². The van der Waals surface area contributed by atoms with E-state index in [1.165, 1.54) is 104 Å². The zero-order chi connectivity index (χ0) is 23.3. The van der Waals surface area contributed by atoms with Crippen molar-refractivity contribution < 1.29 is 0 Å². The zero-order valence-electron chi connectivity index (χ0n) is 21.1. The Morgan fingerprint density at radius 3 is 2.50 bits per heavy atom. The van der Waals surface area contributed by atoms with Crippen LogP contribution in [0.4, 0.5) is 0 Å². The molecule has 0 bridgehead atoms. The molecule has 2 fully saturated rings. The fourth-order valence-corrected chi connectivity index (χ4v) is 6.28. The molecule has 0 radical (unpaired) electrons. The van der Waals surface area contributed by atoms with Gasteiger partial charge in [0.1, 0.15) is 0 Å². The van der Waals surface area contributed by atoms with Gasteiger partial charge in [0.15, 0.2) is 0 Å². The summed E-state index contributed by atoms with van der Waals surface area (Å²) in [4.78, 5) is 0. The summed E-state index contributed by atoms with van der Waals surface area (Å²) >= 11 is 0. The molecule has 0 aliphatic heterocycles. The quantitative estimate of drug-likeness (QED) is 0.358. The highest BCUT2D eigenvalue weighted by Gasteiger charge is 2.19. The first-order valence-electron chi connectivity index (χ1n) is 13.8. The molecule has 0 amide bonds. The van der Waals surface area contributed by atoms with E-state index >= 15 is 0 Å². The number of nitrogens with two attached hydrogens (primary N) is 1. The van der Waals surface area contributed by atoms with E-state index in [4.69, 9.17) is 5.73 Å². The fraction of sp³-hybridized carbons (Fsp3) is 0.548. The number of hydrogen-bond donors (Lipinski definition) is 2. The minimum Gasteiger partial charge on any atom is -0.347 e. The third kappa shape index (κ3) is 5.75. The second-order valence-corrected chi connectivity index (χ2v) is 11.1.